The first-order valence-corrected chi connectivity index (χ1v) is 17.1. The van der Waals surface area contributed by atoms with Crippen LogP contribution in [0.5, 0.6) is 0 Å². The van der Waals surface area contributed by atoms with Gasteiger partial charge >= 0.3 is 0 Å². The molecule has 0 fully saturated rings. The van der Waals surface area contributed by atoms with Crippen LogP contribution >= 0.6 is 22.6 Å². The Labute approximate surface area is 172 Å². The molecule has 0 spiro atoms. The Morgan fingerprint density at radius 2 is 1.64 bits per heavy atom. The average Bonchev–Trinajstić information content (AvgIpc) is 2.38. The van der Waals surface area contributed by atoms with Crippen molar-refractivity contribution in [3.63, 3.8) is 0 Å². The number of hydrogen-bond donors (Lipinski definition) is 0. The topological polar surface area (TPSA) is 18.5 Å². The molecule has 0 N–H and O–H groups in total. The molecule has 0 aromatic heterocycles. The van der Waals surface area contributed by atoms with E-state index in [2.05, 4.69) is 108 Å². The Kier molecular flexibility index (Phi) is 10.1. The number of halogens is 1. The fourth-order valence-corrected chi connectivity index (χ4v) is 5.24. The Morgan fingerprint density at radius 3 is 1.96 bits per heavy atom. The van der Waals surface area contributed by atoms with Gasteiger partial charge < -0.3 is 9.16 Å². The Bertz CT molecular complexity index is 491. The molecule has 0 amide bonds. The van der Waals surface area contributed by atoms with Crippen LogP contribution in [0.2, 0.25) is 39.3 Å². The van der Waals surface area contributed by atoms with Crippen LogP contribution in [0.4, 0.5) is 0 Å². The third kappa shape index (κ3) is 10.3. The molecule has 5 heteroatoms. The van der Waals surface area contributed by atoms with Crippen molar-refractivity contribution >= 4 is 39.0 Å². The molecule has 0 aliphatic carbocycles. The molecule has 0 rings (SSSR count). The SMILES string of the molecule is C=CC/C(=C(/I)[Si](C)(C)C)[C@@H](OC(C)(C)C)[C@H](/C=C/C)O[Si](C)(C)C. The minimum Gasteiger partial charge on any atom is -0.408 e. The van der Waals surface area contributed by atoms with Gasteiger partial charge in [-0.3, -0.25) is 0 Å². The van der Waals surface area contributed by atoms with Gasteiger partial charge in [0.15, 0.2) is 8.32 Å². The Balaban J connectivity index is 6.29. The third-order valence-electron chi connectivity index (χ3n) is 3.30. The van der Waals surface area contributed by atoms with Crippen molar-refractivity contribution < 1.29 is 9.16 Å². The maximum atomic E-state index is 6.59. The van der Waals surface area contributed by atoms with Crippen LogP contribution in [-0.4, -0.2) is 34.2 Å². The van der Waals surface area contributed by atoms with E-state index in [-0.39, 0.29) is 17.8 Å². The van der Waals surface area contributed by atoms with Crippen LogP contribution in [0.1, 0.15) is 34.1 Å². The van der Waals surface area contributed by atoms with Crippen LogP contribution in [0, 0.1) is 0 Å². The van der Waals surface area contributed by atoms with Crippen molar-refractivity contribution in [1.82, 2.24) is 0 Å². The highest BCUT2D eigenvalue weighted by Gasteiger charge is 2.35. The summed E-state index contributed by atoms with van der Waals surface area (Å²) in [6.45, 7) is 26.3. The van der Waals surface area contributed by atoms with Gasteiger partial charge in [0.2, 0.25) is 0 Å². The molecule has 0 aromatic carbocycles. The van der Waals surface area contributed by atoms with Crippen LogP contribution in [-0.2, 0) is 9.16 Å². The predicted octanol–water partition coefficient (Wildman–Crippen LogP) is 7.11. The second-order valence-electron chi connectivity index (χ2n) is 9.45. The zero-order chi connectivity index (χ0) is 20.1. The minimum atomic E-state index is -1.72. The van der Waals surface area contributed by atoms with Gasteiger partial charge in [-0.15, -0.1) is 6.58 Å². The zero-order valence-corrected chi connectivity index (χ0v) is 22.2. The molecule has 2 atom stereocenters. The minimum absolute atomic E-state index is 0.0630. The summed E-state index contributed by atoms with van der Waals surface area (Å²) < 4.78 is 14.6. The van der Waals surface area contributed by atoms with E-state index >= 15 is 0 Å². The van der Waals surface area contributed by atoms with Crippen molar-refractivity contribution in [2.75, 3.05) is 0 Å². The fraction of sp³-hybridized carbons (Fsp3) is 0.700. The highest BCUT2D eigenvalue weighted by molar-refractivity contribution is 14.1. The van der Waals surface area contributed by atoms with Gasteiger partial charge in [-0.25, -0.2) is 0 Å². The molecular formula is C20H39IO2Si2. The van der Waals surface area contributed by atoms with Gasteiger partial charge in [0.25, 0.3) is 0 Å². The summed E-state index contributed by atoms with van der Waals surface area (Å²) in [5, 5.41) is 0. The lowest BCUT2D eigenvalue weighted by Gasteiger charge is -2.38. The van der Waals surface area contributed by atoms with Crippen LogP contribution in [0.15, 0.2) is 33.6 Å². The summed E-state index contributed by atoms with van der Waals surface area (Å²) in [5.41, 5.74) is 1.10. The van der Waals surface area contributed by atoms with Crippen molar-refractivity contribution in [2.24, 2.45) is 0 Å². The molecule has 0 bridgehead atoms. The summed E-state index contributed by atoms with van der Waals surface area (Å²) in [7, 11) is -3.17. The smallest absolute Gasteiger partial charge is 0.184 e. The summed E-state index contributed by atoms with van der Waals surface area (Å²) >= 11 is 2.54. The summed E-state index contributed by atoms with van der Waals surface area (Å²) in [6, 6.07) is 0. The largest absolute Gasteiger partial charge is 0.408 e. The van der Waals surface area contributed by atoms with Gasteiger partial charge in [-0.05, 0) is 62.5 Å². The van der Waals surface area contributed by atoms with E-state index in [1.807, 2.05) is 6.08 Å². The first-order chi connectivity index (χ1) is 11.1. The normalized spacial score (nSPS) is 17.4. The summed E-state index contributed by atoms with van der Waals surface area (Å²) in [5.74, 6) is 0. The molecule has 25 heavy (non-hydrogen) atoms. The van der Waals surface area contributed by atoms with E-state index in [1.54, 1.807) is 0 Å². The molecule has 0 unspecified atom stereocenters. The van der Waals surface area contributed by atoms with E-state index in [4.69, 9.17) is 9.16 Å². The van der Waals surface area contributed by atoms with E-state index < -0.39 is 16.4 Å². The van der Waals surface area contributed by atoms with Crippen LogP contribution < -0.4 is 0 Å². The number of hydrogen-bond acceptors (Lipinski definition) is 2. The van der Waals surface area contributed by atoms with E-state index in [0.29, 0.717) is 0 Å². The maximum Gasteiger partial charge on any atom is 0.184 e. The molecular weight excluding hydrogens is 455 g/mol. The van der Waals surface area contributed by atoms with E-state index in [9.17, 15) is 0 Å². The van der Waals surface area contributed by atoms with Gasteiger partial charge in [0, 0.05) is 0 Å². The highest BCUT2D eigenvalue weighted by Crippen LogP contribution is 2.34. The van der Waals surface area contributed by atoms with Crippen LogP contribution in [0.3, 0.4) is 0 Å². The number of rotatable bonds is 9. The third-order valence-corrected chi connectivity index (χ3v) is 11.5. The molecule has 0 aliphatic rings. The van der Waals surface area contributed by atoms with Gasteiger partial charge in [-0.2, -0.15) is 0 Å². The number of ether oxygens (including phenoxy) is 1. The first-order valence-electron chi connectivity index (χ1n) is 9.10. The zero-order valence-electron chi connectivity index (χ0n) is 18.0. The lowest BCUT2D eigenvalue weighted by Crippen LogP contribution is -2.44. The second-order valence-corrected chi connectivity index (χ2v) is 21.0. The monoisotopic (exact) mass is 494 g/mol. The van der Waals surface area contributed by atoms with Crippen LogP contribution in [0.25, 0.3) is 0 Å². The maximum absolute atomic E-state index is 6.59. The molecule has 146 valence electrons. The second kappa shape index (κ2) is 10.0. The Hall–Kier alpha value is 0.304. The first kappa shape index (κ1) is 25.3. The van der Waals surface area contributed by atoms with Gasteiger partial charge in [0.1, 0.15) is 6.10 Å². The molecule has 0 radical (unpaired) electrons. The lowest BCUT2D eigenvalue weighted by molar-refractivity contribution is -0.0776. The predicted molar refractivity (Wildman–Crippen MR) is 127 cm³/mol. The fourth-order valence-electron chi connectivity index (χ4n) is 2.49. The summed E-state index contributed by atoms with van der Waals surface area (Å²) in [4.78, 5) is 0. The molecule has 2 nitrogen and oxygen atoms in total. The van der Waals surface area contributed by atoms with Crippen molar-refractivity contribution in [3.8, 4) is 0 Å². The Morgan fingerprint density at radius 1 is 1.12 bits per heavy atom. The van der Waals surface area contributed by atoms with Crippen molar-refractivity contribution in [3.05, 3.63) is 33.6 Å². The average molecular weight is 495 g/mol. The molecule has 0 aliphatic heterocycles. The molecule has 0 saturated heterocycles. The van der Waals surface area contributed by atoms with Crippen molar-refractivity contribution in [1.29, 1.82) is 0 Å². The van der Waals surface area contributed by atoms with E-state index in [0.717, 1.165) is 6.42 Å². The highest BCUT2D eigenvalue weighted by atomic mass is 127. The van der Waals surface area contributed by atoms with Crippen molar-refractivity contribution in [2.45, 2.75) is 91.2 Å². The van der Waals surface area contributed by atoms with Gasteiger partial charge in [0.05, 0.1) is 19.8 Å². The standard InChI is InChI=1S/C20H39IO2Si2/c1-12-14-16(19(21)24(6,7)8)18(22-20(3,4)5)17(15-13-2)23-25(9,10)11/h12-13,15,17-18H,1,14H2,2-11H3/b15-13+,19-16+/t17-,18+/m0/s1. The quantitative estimate of drug-likeness (QED) is 0.193. The molecule has 0 aromatic rings. The molecule has 0 heterocycles. The lowest BCUT2D eigenvalue weighted by atomic mass is 10.0. The summed E-state index contributed by atoms with van der Waals surface area (Å²) in [6.07, 6.45) is 6.93. The number of allylic oxidation sites excluding steroid dienone is 2. The van der Waals surface area contributed by atoms with E-state index in [1.165, 1.54) is 8.78 Å². The molecule has 0 saturated carbocycles. The van der Waals surface area contributed by atoms with Gasteiger partial charge in [-0.1, -0.05) is 60.5 Å².